The minimum Gasteiger partial charge on any atom is -0.332 e. The van der Waals surface area contributed by atoms with Crippen molar-refractivity contribution in [2.75, 3.05) is 19.6 Å². The van der Waals surface area contributed by atoms with E-state index in [-0.39, 0.29) is 11.9 Å². The smallest absolute Gasteiger partial charge is 0.229 e. The number of amides is 1. The molecule has 3 aliphatic rings. The molecule has 7 heteroatoms. The molecule has 1 aromatic carbocycles. The van der Waals surface area contributed by atoms with Gasteiger partial charge in [0, 0.05) is 25.8 Å². The zero-order chi connectivity index (χ0) is 17.7. The highest BCUT2D eigenvalue weighted by Gasteiger charge is 2.35. The first-order chi connectivity index (χ1) is 12.7. The lowest BCUT2D eigenvalue weighted by molar-refractivity contribution is -0.131. The summed E-state index contributed by atoms with van der Waals surface area (Å²) >= 11 is 1.63. The second-order valence-corrected chi connectivity index (χ2v) is 7.82. The van der Waals surface area contributed by atoms with Crippen molar-refractivity contribution in [3.63, 3.8) is 0 Å². The number of hydrogen-bond donors (Lipinski definition) is 0. The van der Waals surface area contributed by atoms with Crippen LogP contribution in [-0.2, 0) is 11.8 Å². The predicted molar refractivity (Wildman–Crippen MR) is 104 cm³/mol. The number of fused-ring (bicyclic) bond motifs is 2. The van der Waals surface area contributed by atoms with E-state index in [9.17, 15) is 4.79 Å². The number of carbonyl (C=O) groups excluding carboxylic acids is 1. The predicted octanol–water partition coefficient (Wildman–Crippen LogP) is 2.89. The van der Waals surface area contributed by atoms with Gasteiger partial charge in [0.05, 0.1) is 30.0 Å². The molecule has 3 aliphatic heterocycles. The molecule has 2 aromatic rings. The fourth-order valence-electron chi connectivity index (χ4n) is 4.17. The van der Waals surface area contributed by atoms with Crippen molar-refractivity contribution in [3.05, 3.63) is 41.2 Å². The highest BCUT2D eigenvalue weighted by Crippen LogP contribution is 2.36. The van der Waals surface area contributed by atoms with E-state index in [0.717, 1.165) is 60.2 Å². The van der Waals surface area contributed by atoms with Crippen LogP contribution in [-0.4, -0.2) is 50.1 Å². The Bertz CT molecular complexity index is 947. The highest BCUT2D eigenvalue weighted by atomic mass is 32.2. The van der Waals surface area contributed by atoms with Crippen LogP contribution in [0.5, 0.6) is 0 Å². The standard InChI is InChI=1S/C19H21N5OS/c1-22-15-6-3-2-5-14(15)21-18(22)16-7-4-9-24(16)17(25)11-13-12-26-19-20-8-10-23(13)19/h2-3,5-6,12,16H,4,7-11H2,1H3/t16-/m0/s1. The summed E-state index contributed by atoms with van der Waals surface area (Å²) in [6.45, 7) is 2.55. The van der Waals surface area contributed by atoms with Gasteiger partial charge >= 0.3 is 0 Å². The Morgan fingerprint density at radius 1 is 1.31 bits per heavy atom. The molecule has 1 amide bonds. The van der Waals surface area contributed by atoms with Gasteiger partial charge in [0.25, 0.3) is 0 Å². The number of rotatable bonds is 3. The van der Waals surface area contributed by atoms with Gasteiger partial charge in [-0.2, -0.15) is 0 Å². The number of aliphatic imine (C=N–C) groups is 1. The first-order valence-corrected chi connectivity index (χ1v) is 9.99. The topological polar surface area (TPSA) is 53.7 Å². The quantitative estimate of drug-likeness (QED) is 0.837. The number of aromatic nitrogens is 2. The Labute approximate surface area is 156 Å². The van der Waals surface area contributed by atoms with Crippen LogP contribution in [0.2, 0.25) is 0 Å². The number of nitrogens with zero attached hydrogens (tertiary/aromatic N) is 5. The van der Waals surface area contributed by atoms with Crippen molar-refractivity contribution >= 4 is 33.9 Å². The molecule has 0 spiro atoms. The van der Waals surface area contributed by atoms with E-state index in [4.69, 9.17) is 4.98 Å². The average molecular weight is 367 g/mol. The summed E-state index contributed by atoms with van der Waals surface area (Å²) in [7, 11) is 2.05. The number of thioether (sulfide) groups is 1. The van der Waals surface area contributed by atoms with Crippen LogP contribution in [0.3, 0.4) is 0 Å². The maximum absolute atomic E-state index is 13.1. The summed E-state index contributed by atoms with van der Waals surface area (Å²) in [5, 5.41) is 3.12. The van der Waals surface area contributed by atoms with Gasteiger partial charge in [0.2, 0.25) is 5.91 Å². The number of hydrogen-bond acceptors (Lipinski definition) is 5. The molecule has 1 atom stereocenters. The molecule has 5 rings (SSSR count). The van der Waals surface area contributed by atoms with Crippen LogP contribution in [0.25, 0.3) is 11.0 Å². The lowest BCUT2D eigenvalue weighted by Crippen LogP contribution is -2.33. The fraction of sp³-hybridized carbons (Fsp3) is 0.421. The maximum atomic E-state index is 13.1. The van der Waals surface area contributed by atoms with Crippen LogP contribution in [0.1, 0.15) is 31.1 Å². The number of para-hydroxylation sites is 2. The molecular weight excluding hydrogens is 346 g/mol. The number of carbonyl (C=O) groups is 1. The minimum absolute atomic E-state index is 0.0706. The van der Waals surface area contributed by atoms with Crippen LogP contribution >= 0.6 is 11.8 Å². The molecular formula is C19H21N5OS. The molecule has 4 heterocycles. The molecule has 0 radical (unpaired) electrons. The number of imidazole rings is 1. The van der Waals surface area contributed by atoms with Crippen molar-refractivity contribution in [1.29, 1.82) is 0 Å². The van der Waals surface area contributed by atoms with Gasteiger partial charge in [-0.15, -0.1) is 0 Å². The molecule has 0 N–H and O–H groups in total. The van der Waals surface area contributed by atoms with Crippen LogP contribution in [0, 0.1) is 0 Å². The first-order valence-electron chi connectivity index (χ1n) is 9.11. The fourth-order valence-corrected chi connectivity index (χ4v) is 5.12. The largest absolute Gasteiger partial charge is 0.332 e. The van der Waals surface area contributed by atoms with Crippen molar-refractivity contribution in [2.45, 2.75) is 25.3 Å². The molecule has 26 heavy (non-hydrogen) atoms. The highest BCUT2D eigenvalue weighted by molar-refractivity contribution is 8.16. The summed E-state index contributed by atoms with van der Waals surface area (Å²) < 4.78 is 2.14. The van der Waals surface area contributed by atoms with Crippen LogP contribution in [0.15, 0.2) is 40.4 Å². The Morgan fingerprint density at radius 3 is 3.08 bits per heavy atom. The molecule has 0 aliphatic carbocycles. The van der Waals surface area contributed by atoms with Gasteiger partial charge in [-0.1, -0.05) is 23.9 Å². The number of amidine groups is 1. The van der Waals surface area contributed by atoms with E-state index >= 15 is 0 Å². The zero-order valence-electron chi connectivity index (χ0n) is 14.8. The number of benzene rings is 1. The lowest BCUT2D eigenvalue weighted by atomic mass is 10.2. The van der Waals surface area contributed by atoms with E-state index in [0.29, 0.717) is 6.42 Å². The molecule has 0 bridgehead atoms. The van der Waals surface area contributed by atoms with Gasteiger partial charge in [0.1, 0.15) is 5.82 Å². The Kier molecular flexibility index (Phi) is 3.77. The van der Waals surface area contributed by atoms with Gasteiger partial charge < -0.3 is 14.4 Å². The van der Waals surface area contributed by atoms with E-state index in [1.165, 1.54) is 0 Å². The molecule has 6 nitrogen and oxygen atoms in total. The van der Waals surface area contributed by atoms with Crippen LogP contribution < -0.4 is 0 Å². The minimum atomic E-state index is 0.0706. The lowest BCUT2D eigenvalue weighted by Gasteiger charge is -2.26. The Morgan fingerprint density at radius 2 is 2.19 bits per heavy atom. The van der Waals surface area contributed by atoms with Gasteiger partial charge in [0.15, 0.2) is 5.17 Å². The summed E-state index contributed by atoms with van der Waals surface area (Å²) in [6, 6.07) is 8.23. The zero-order valence-corrected chi connectivity index (χ0v) is 15.6. The Balaban J connectivity index is 1.39. The van der Waals surface area contributed by atoms with Crippen molar-refractivity contribution in [1.82, 2.24) is 19.4 Å². The first kappa shape index (κ1) is 15.9. The van der Waals surface area contributed by atoms with Crippen molar-refractivity contribution in [3.8, 4) is 0 Å². The van der Waals surface area contributed by atoms with E-state index in [2.05, 4.69) is 33.0 Å². The molecule has 1 aromatic heterocycles. The summed E-state index contributed by atoms with van der Waals surface area (Å²) in [5.74, 6) is 1.19. The summed E-state index contributed by atoms with van der Waals surface area (Å²) in [4.78, 5) is 26.6. The van der Waals surface area contributed by atoms with E-state index in [1.807, 2.05) is 23.1 Å². The summed E-state index contributed by atoms with van der Waals surface area (Å²) in [5.41, 5.74) is 3.21. The monoisotopic (exact) mass is 367 g/mol. The van der Waals surface area contributed by atoms with Crippen molar-refractivity contribution < 1.29 is 4.79 Å². The third-order valence-corrected chi connectivity index (χ3v) is 6.42. The van der Waals surface area contributed by atoms with E-state index < -0.39 is 0 Å². The third-order valence-electron chi connectivity index (χ3n) is 5.47. The SMILES string of the molecule is Cn1c([C@@H]2CCCN2C(=O)CC2=CSC3=NCCN23)nc2ccccc21. The second-order valence-electron chi connectivity index (χ2n) is 6.98. The molecule has 1 saturated heterocycles. The normalized spacial score (nSPS) is 22.1. The molecule has 0 unspecified atom stereocenters. The van der Waals surface area contributed by atoms with Gasteiger partial charge in [-0.3, -0.25) is 9.79 Å². The molecule has 0 saturated carbocycles. The van der Waals surface area contributed by atoms with Gasteiger partial charge in [-0.25, -0.2) is 4.98 Å². The second kappa shape index (κ2) is 6.16. The molecule has 134 valence electrons. The van der Waals surface area contributed by atoms with Crippen LogP contribution in [0.4, 0.5) is 0 Å². The Hall–Kier alpha value is -2.28. The third kappa shape index (κ3) is 2.45. The van der Waals surface area contributed by atoms with Crippen molar-refractivity contribution in [2.24, 2.45) is 12.0 Å². The summed E-state index contributed by atoms with van der Waals surface area (Å²) in [6.07, 6.45) is 2.46. The molecule has 1 fully saturated rings. The average Bonchev–Trinajstić information content (AvgIpc) is 3.40. The van der Waals surface area contributed by atoms with E-state index in [1.54, 1.807) is 11.8 Å². The number of likely N-dealkylation sites (tertiary alicyclic amines) is 1. The van der Waals surface area contributed by atoms with Gasteiger partial charge in [-0.05, 0) is 30.4 Å². The maximum Gasteiger partial charge on any atom is 0.229 e. The number of aryl methyl sites for hydroxylation is 1.